The van der Waals surface area contributed by atoms with Crippen LogP contribution >= 0.6 is 0 Å². The van der Waals surface area contributed by atoms with Crippen molar-refractivity contribution in [3.63, 3.8) is 0 Å². The summed E-state index contributed by atoms with van der Waals surface area (Å²) in [5, 5.41) is 2.86. The quantitative estimate of drug-likeness (QED) is 0.365. The van der Waals surface area contributed by atoms with E-state index in [0.717, 1.165) is 5.56 Å². The van der Waals surface area contributed by atoms with Crippen molar-refractivity contribution < 1.29 is 13.6 Å². The molecule has 0 saturated carbocycles. The van der Waals surface area contributed by atoms with E-state index in [2.05, 4.69) is 15.3 Å². The van der Waals surface area contributed by atoms with Gasteiger partial charge >= 0.3 is 0 Å². The molecule has 0 unspecified atom stereocenters. The predicted molar refractivity (Wildman–Crippen MR) is 127 cm³/mol. The van der Waals surface area contributed by atoms with Crippen LogP contribution in [0.2, 0.25) is 0 Å². The van der Waals surface area contributed by atoms with Crippen LogP contribution in [0.4, 0.5) is 4.39 Å². The number of oxazole rings is 1. The smallest absolute Gasteiger partial charge is 0.252 e. The lowest BCUT2D eigenvalue weighted by atomic mass is 10.1. The summed E-state index contributed by atoms with van der Waals surface area (Å²) in [4.78, 5) is 21.5. The monoisotopic (exact) mass is 452 g/mol. The van der Waals surface area contributed by atoms with Crippen molar-refractivity contribution in [3.05, 3.63) is 114 Å². The Morgan fingerprint density at radius 2 is 1.82 bits per heavy atom. The molecular weight excluding hydrogens is 431 g/mol. The average molecular weight is 452 g/mol. The van der Waals surface area contributed by atoms with Gasteiger partial charge in [0.15, 0.2) is 5.76 Å². The maximum Gasteiger partial charge on any atom is 0.252 e. The largest absolute Gasteiger partial charge is 0.436 e. The third kappa shape index (κ3) is 4.23. The second-order valence-corrected chi connectivity index (χ2v) is 7.75. The van der Waals surface area contributed by atoms with Crippen molar-refractivity contribution in [3.8, 4) is 28.5 Å². The van der Waals surface area contributed by atoms with Crippen LogP contribution in [0.3, 0.4) is 0 Å². The van der Waals surface area contributed by atoms with Gasteiger partial charge in [-0.15, -0.1) is 0 Å². The number of carbonyl (C=O) groups excluding carboxylic acids is 1. The zero-order valence-corrected chi connectivity index (χ0v) is 18.4. The van der Waals surface area contributed by atoms with Crippen molar-refractivity contribution in [2.45, 2.75) is 13.5 Å². The number of imidazole rings is 1. The first-order valence-corrected chi connectivity index (χ1v) is 10.8. The molecule has 2 heterocycles. The van der Waals surface area contributed by atoms with Crippen LogP contribution in [0.5, 0.6) is 0 Å². The van der Waals surface area contributed by atoms with Gasteiger partial charge in [-0.1, -0.05) is 48.5 Å². The van der Waals surface area contributed by atoms with Crippen molar-refractivity contribution in [1.29, 1.82) is 0 Å². The summed E-state index contributed by atoms with van der Waals surface area (Å²) in [6.45, 7) is 1.98. The Hall–Kier alpha value is -4.52. The number of benzene rings is 3. The zero-order valence-electron chi connectivity index (χ0n) is 18.4. The van der Waals surface area contributed by atoms with Gasteiger partial charge in [0, 0.05) is 30.1 Å². The molecule has 0 spiro atoms. The van der Waals surface area contributed by atoms with Crippen LogP contribution in [0.25, 0.3) is 28.5 Å². The van der Waals surface area contributed by atoms with Gasteiger partial charge < -0.3 is 14.3 Å². The molecule has 0 bridgehead atoms. The fourth-order valence-electron chi connectivity index (χ4n) is 3.77. The van der Waals surface area contributed by atoms with Crippen molar-refractivity contribution in [1.82, 2.24) is 19.9 Å². The van der Waals surface area contributed by atoms with Crippen LogP contribution in [0, 0.1) is 12.7 Å². The molecule has 0 atom stereocenters. The number of halogens is 1. The minimum Gasteiger partial charge on any atom is -0.436 e. The lowest BCUT2D eigenvalue weighted by Crippen LogP contribution is -2.23. The Balaban J connectivity index is 1.33. The van der Waals surface area contributed by atoms with Crippen molar-refractivity contribution in [2.24, 2.45) is 0 Å². The number of hydrogen-bond donors (Lipinski definition) is 1. The van der Waals surface area contributed by atoms with Crippen LogP contribution < -0.4 is 5.32 Å². The molecule has 0 saturated heterocycles. The number of nitrogens with zero attached hydrogens (tertiary/aromatic N) is 3. The molecule has 7 heteroatoms. The van der Waals surface area contributed by atoms with Crippen molar-refractivity contribution >= 4 is 5.91 Å². The minimum atomic E-state index is -0.388. The highest BCUT2D eigenvalue weighted by atomic mass is 19.1. The first-order valence-electron chi connectivity index (χ1n) is 10.8. The molecule has 0 radical (unpaired) electrons. The Bertz CT molecular complexity index is 1460. The molecule has 1 amide bonds. The Morgan fingerprint density at radius 1 is 1.03 bits per heavy atom. The lowest BCUT2D eigenvalue weighted by molar-refractivity contribution is 0.0951. The Morgan fingerprint density at radius 3 is 2.59 bits per heavy atom. The number of aromatic nitrogens is 3. The Labute approximate surface area is 195 Å². The highest BCUT2D eigenvalue weighted by Crippen LogP contribution is 2.28. The summed E-state index contributed by atoms with van der Waals surface area (Å²) in [5.74, 6) is 0.982. The molecule has 1 N–H and O–H groups in total. The summed E-state index contributed by atoms with van der Waals surface area (Å²) in [6, 6.07) is 21.6. The van der Waals surface area contributed by atoms with E-state index in [9.17, 15) is 9.18 Å². The molecule has 0 aliphatic carbocycles. The van der Waals surface area contributed by atoms with E-state index in [1.165, 1.54) is 6.07 Å². The van der Waals surface area contributed by atoms with Gasteiger partial charge in [0.2, 0.25) is 5.89 Å². The number of nitrogens with one attached hydrogen (secondary N) is 1. The minimum absolute atomic E-state index is 0.175. The van der Waals surface area contributed by atoms with E-state index >= 15 is 0 Å². The second kappa shape index (κ2) is 9.15. The van der Waals surface area contributed by atoms with Crippen molar-refractivity contribution in [2.75, 3.05) is 0 Å². The van der Waals surface area contributed by atoms with Gasteiger partial charge in [-0.3, -0.25) is 4.79 Å². The first-order chi connectivity index (χ1) is 16.6. The molecule has 34 heavy (non-hydrogen) atoms. The SMILES string of the molecule is Cc1nccn1-c1ccc(CNC(=O)c2ccccc2-c2ncc(-c3ccccc3)o2)cc1F. The van der Waals surface area contributed by atoms with Crippen LogP contribution in [-0.2, 0) is 6.54 Å². The molecule has 5 rings (SSSR count). The van der Waals surface area contributed by atoms with Gasteiger partial charge in [0.25, 0.3) is 5.91 Å². The van der Waals surface area contributed by atoms with Gasteiger partial charge in [-0.25, -0.2) is 14.4 Å². The van der Waals surface area contributed by atoms with Crippen LogP contribution in [0.1, 0.15) is 21.7 Å². The van der Waals surface area contributed by atoms with Gasteiger partial charge in [-0.05, 0) is 36.8 Å². The maximum absolute atomic E-state index is 14.7. The Kier molecular flexibility index (Phi) is 5.74. The lowest BCUT2D eigenvalue weighted by Gasteiger charge is -2.11. The third-order valence-corrected chi connectivity index (χ3v) is 5.52. The second-order valence-electron chi connectivity index (χ2n) is 7.75. The average Bonchev–Trinajstić information content (AvgIpc) is 3.53. The summed E-state index contributed by atoms with van der Waals surface area (Å²) in [7, 11) is 0. The molecule has 5 aromatic rings. The summed E-state index contributed by atoms with van der Waals surface area (Å²) in [6.07, 6.45) is 4.97. The highest BCUT2D eigenvalue weighted by molar-refractivity contribution is 6.00. The molecule has 0 aliphatic heterocycles. The molecular formula is C27H21FN4O2. The number of hydrogen-bond acceptors (Lipinski definition) is 4. The van der Waals surface area contributed by atoms with Gasteiger partial charge in [0.1, 0.15) is 11.6 Å². The highest BCUT2D eigenvalue weighted by Gasteiger charge is 2.17. The van der Waals surface area contributed by atoms with E-state index in [4.69, 9.17) is 4.42 Å². The van der Waals surface area contributed by atoms with E-state index < -0.39 is 0 Å². The van der Waals surface area contributed by atoms with E-state index in [1.54, 1.807) is 53.5 Å². The molecule has 3 aromatic carbocycles. The van der Waals surface area contributed by atoms with Crippen LogP contribution in [-0.4, -0.2) is 20.4 Å². The maximum atomic E-state index is 14.7. The fraction of sp³-hybridized carbons (Fsp3) is 0.0741. The summed E-state index contributed by atoms with van der Waals surface area (Å²) >= 11 is 0. The van der Waals surface area contributed by atoms with E-state index in [1.807, 2.05) is 43.3 Å². The number of amides is 1. The number of carbonyl (C=O) groups is 1. The van der Waals surface area contributed by atoms with E-state index in [0.29, 0.717) is 39.9 Å². The first kappa shape index (κ1) is 21.3. The number of rotatable bonds is 6. The van der Waals surface area contributed by atoms with Crippen LogP contribution in [0.15, 0.2) is 95.8 Å². The standard InChI is InChI=1S/C27H21FN4O2/c1-18-29-13-14-32(18)24-12-11-19(15-23(24)28)16-30-26(33)21-9-5-6-10-22(21)27-31-17-25(34-27)20-7-3-2-4-8-20/h2-15,17H,16H2,1H3,(H,30,33). The molecule has 0 fully saturated rings. The molecule has 168 valence electrons. The topological polar surface area (TPSA) is 73.0 Å². The normalized spacial score (nSPS) is 10.9. The number of aryl methyl sites for hydroxylation is 1. The molecule has 0 aliphatic rings. The fourth-order valence-corrected chi connectivity index (χ4v) is 3.77. The summed E-state index contributed by atoms with van der Waals surface area (Å²) in [5.41, 5.74) is 2.97. The summed E-state index contributed by atoms with van der Waals surface area (Å²) < 4.78 is 22.3. The predicted octanol–water partition coefficient (Wildman–Crippen LogP) is 5.57. The molecule has 6 nitrogen and oxygen atoms in total. The molecule has 2 aromatic heterocycles. The zero-order chi connectivity index (χ0) is 23.5. The van der Waals surface area contributed by atoms with E-state index in [-0.39, 0.29) is 18.3 Å². The third-order valence-electron chi connectivity index (χ3n) is 5.52. The van der Waals surface area contributed by atoms with Gasteiger partial charge in [0.05, 0.1) is 17.4 Å². The van der Waals surface area contributed by atoms with Gasteiger partial charge in [-0.2, -0.15) is 0 Å².